The smallest absolute Gasteiger partial charge is 0.275 e. The molecular weight excluding hydrogens is 350 g/mol. The van der Waals surface area contributed by atoms with E-state index in [0.717, 1.165) is 48.1 Å². The lowest BCUT2D eigenvalue weighted by Crippen LogP contribution is -2.41. The van der Waals surface area contributed by atoms with Gasteiger partial charge >= 0.3 is 0 Å². The zero-order valence-corrected chi connectivity index (χ0v) is 16.8. The second-order valence-electron chi connectivity index (χ2n) is 7.78. The van der Waals surface area contributed by atoms with Crippen molar-refractivity contribution < 1.29 is 4.74 Å². The fourth-order valence-electron chi connectivity index (χ4n) is 3.87. The molecule has 1 fully saturated rings. The standard InChI is InChI=1S/C23H27N3O2/c1-16-8-9-17(2)22(14-16)28-19-10-12-25(13-11-19)15-26-23(27)21-7-5-4-6-20(21)18(3)24-26/h4-9,14,19H,10-13,15H2,1-3H3. The van der Waals surface area contributed by atoms with E-state index in [-0.39, 0.29) is 11.7 Å². The zero-order chi connectivity index (χ0) is 19.7. The van der Waals surface area contributed by atoms with E-state index in [2.05, 4.69) is 42.0 Å². The molecule has 0 N–H and O–H groups in total. The molecule has 4 rings (SSSR count). The Labute approximate surface area is 165 Å². The van der Waals surface area contributed by atoms with Crippen molar-refractivity contribution in [1.29, 1.82) is 0 Å². The van der Waals surface area contributed by atoms with E-state index in [4.69, 9.17) is 4.74 Å². The van der Waals surface area contributed by atoms with Crippen LogP contribution in [0.25, 0.3) is 10.8 Å². The summed E-state index contributed by atoms with van der Waals surface area (Å²) in [6.07, 6.45) is 2.13. The Balaban J connectivity index is 1.42. The number of fused-ring (bicyclic) bond motifs is 1. The lowest BCUT2D eigenvalue weighted by atomic mass is 10.1. The molecule has 1 aromatic heterocycles. The van der Waals surface area contributed by atoms with E-state index in [1.54, 1.807) is 4.68 Å². The molecule has 0 saturated carbocycles. The fraction of sp³-hybridized carbons (Fsp3) is 0.391. The molecule has 2 aromatic carbocycles. The monoisotopic (exact) mass is 377 g/mol. The van der Waals surface area contributed by atoms with Gasteiger partial charge in [-0.1, -0.05) is 30.3 Å². The highest BCUT2D eigenvalue weighted by atomic mass is 16.5. The first kappa shape index (κ1) is 18.7. The Hall–Kier alpha value is -2.66. The van der Waals surface area contributed by atoms with Gasteiger partial charge in [-0.05, 0) is 56.9 Å². The zero-order valence-electron chi connectivity index (χ0n) is 16.8. The number of rotatable bonds is 4. The number of benzene rings is 2. The first-order chi connectivity index (χ1) is 13.5. The topological polar surface area (TPSA) is 47.4 Å². The van der Waals surface area contributed by atoms with Gasteiger partial charge < -0.3 is 4.74 Å². The third-order valence-electron chi connectivity index (χ3n) is 5.56. The summed E-state index contributed by atoms with van der Waals surface area (Å²) in [6.45, 7) is 8.46. The number of piperidine rings is 1. The number of nitrogens with zero attached hydrogens (tertiary/aromatic N) is 3. The van der Waals surface area contributed by atoms with E-state index >= 15 is 0 Å². The number of likely N-dealkylation sites (tertiary alicyclic amines) is 1. The maximum atomic E-state index is 12.8. The van der Waals surface area contributed by atoms with Crippen molar-refractivity contribution in [3.8, 4) is 5.75 Å². The van der Waals surface area contributed by atoms with Gasteiger partial charge in [0.25, 0.3) is 5.56 Å². The molecule has 0 radical (unpaired) electrons. The van der Waals surface area contributed by atoms with Gasteiger partial charge in [0, 0.05) is 18.5 Å². The first-order valence-corrected chi connectivity index (χ1v) is 9.94. The van der Waals surface area contributed by atoms with E-state index < -0.39 is 0 Å². The number of aromatic nitrogens is 2. The maximum Gasteiger partial charge on any atom is 0.275 e. The molecule has 0 amide bonds. The molecule has 0 spiro atoms. The van der Waals surface area contributed by atoms with Gasteiger partial charge in [0.15, 0.2) is 0 Å². The molecule has 1 saturated heterocycles. The minimum absolute atomic E-state index is 0.0186. The molecule has 146 valence electrons. The van der Waals surface area contributed by atoms with Crippen LogP contribution in [0.15, 0.2) is 47.3 Å². The molecule has 0 unspecified atom stereocenters. The van der Waals surface area contributed by atoms with Crippen LogP contribution < -0.4 is 10.3 Å². The van der Waals surface area contributed by atoms with Gasteiger partial charge in [0.05, 0.1) is 17.7 Å². The van der Waals surface area contributed by atoms with Crippen molar-refractivity contribution in [2.24, 2.45) is 0 Å². The Bertz CT molecular complexity index is 1050. The van der Waals surface area contributed by atoms with Crippen LogP contribution in [0.3, 0.4) is 0 Å². The fourth-order valence-corrected chi connectivity index (χ4v) is 3.87. The number of hydrogen-bond donors (Lipinski definition) is 0. The van der Waals surface area contributed by atoms with Gasteiger partial charge in [-0.2, -0.15) is 5.10 Å². The van der Waals surface area contributed by atoms with Gasteiger partial charge in [0.2, 0.25) is 0 Å². The largest absolute Gasteiger partial charge is 0.490 e. The van der Waals surface area contributed by atoms with E-state index in [9.17, 15) is 4.79 Å². The van der Waals surface area contributed by atoms with Crippen LogP contribution in [0.2, 0.25) is 0 Å². The highest BCUT2D eigenvalue weighted by Crippen LogP contribution is 2.24. The van der Waals surface area contributed by atoms with E-state index in [1.165, 1.54) is 11.1 Å². The number of hydrogen-bond acceptors (Lipinski definition) is 4. The van der Waals surface area contributed by atoms with Crippen molar-refractivity contribution >= 4 is 10.8 Å². The first-order valence-electron chi connectivity index (χ1n) is 9.94. The molecule has 0 bridgehead atoms. The van der Waals surface area contributed by atoms with E-state index in [1.807, 2.05) is 31.2 Å². The van der Waals surface area contributed by atoms with Crippen molar-refractivity contribution in [2.45, 2.75) is 46.4 Å². The summed E-state index contributed by atoms with van der Waals surface area (Å²) in [6, 6.07) is 14.0. The Morgan fingerprint density at radius 3 is 2.50 bits per heavy atom. The van der Waals surface area contributed by atoms with Gasteiger partial charge in [-0.3, -0.25) is 9.69 Å². The van der Waals surface area contributed by atoms with Crippen LogP contribution >= 0.6 is 0 Å². The molecule has 0 aliphatic carbocycles. The summed E-state index contributed by atoms with van der Waals surface area (Å²) in [5.41, 5.74) is 3.27. The third-order valence-corrected chi connectivity index (χ3v) is 5.56. The Morgan fingerprint density at radius 2 is 1.75 bits per heavy atom. The summed E-state index contributed by atoms with van der Waals surface area (Å²) >= 11 is 0. The third kappa shape index (κ3) is 3.80. The average Bonchev–Trinajstić information content (AvgIpc) is 2.70. The predicted octanol–water partition coefficient (Wildman–Crippen LogP) is 3.82. The van der Waals surface area contributed by atoms with Crippen LogP contribution in [-0.2, 0) is 6.67 Å². The quantitative estimate of drug-likeness (QED) is 0.693. The highest BCUT2D eigenvalue weighted by molar-refractivity contribution is 5.83. The maximum absolute atomic E-state index is 12.8. The molecular formula is C23H27N3O2. The molecule has 1 aliphatic rings. The summed E-state index contributed by atoms with van der Waals surface area (Å²) in [7, 11) is 0. The average molecular weight is 377 g/mol. The van der Waals surface area contributed by atoms with Crippen LogP contribution in [0.4, 0.5) is 0 Å². The summed E-state index contributed by atoms with van der Waals surface area (Å²) < 4.78 is 7.86. The van der Waals surface area contributed by atoms with Crippen LogP contribution in [0.1, 0.15) is 29.7 Å². The Kier molecular flexibility index (Phi) is 5.18. The summed E-state index contributed by atoms with van der Waals surface area (Å²) in [4.78, 5) is 15.1. The van der Waals surface area contributed by atoms with Crippen molar-refractivity contribution in [3.05, 3.63) is 69.6 Å². The second-order valence-corrected chi connectivity index (χ2v) is 7.78. The molecule has 3 aromatic rings. The summed E-state index contributed by atoms with van der Waals surface area (Å²) in [5, 5.41) is 6.21. The highest BCUT2D eigenvalue weighted by Gasteiger charge is 2.22. The molecule has 0 atom stereocenters. The van der Waals surface area contributed by atoms with Crippen molar-refractivity contribution in [2.75, 3.05) is 13.1 Å². The van der Waals surface area contributed by atoms with Gasteiger partial charge in [-0.15, -0.1) is 0 Å². The molecule has 5 heteroatoms. The molecule has 1 aliphatic heterocycles. The normalized spacial score (nSPS) is 15.8. The van der Waals surface area contributed by atoms with E-state index in [0.29, 0.717) is 6.67 Å². The second kappa shape index (κ2) is 7.76. The SMILES string of the molecule is Cc1ccc(C)c(OC2CCN(Cn3nc(C)c4ccccc4c3=O)CC2)c1. The predicted molar refractivity (Wildman–Crippen MR) is 112 cm³/mol. The van der Waals surface area contributed by atoms with Crippen molar-refractivity contribution in [1.82, 2.24) is 14.7 Å². The summed E-state index contributed by atoms with van der Waals surface area (Å²) in [5.74, 6) is 0.987. The lowest BCUT2D eigenvalue weighted by Gasteiger charge is -2.32. The van der Waals surface area contributed by atoms with Crippen LogP contribution in [0.5, 0.6) is 5.75 Å². The lowest BCUT2D eigenvalue weighted by molar-refractivity contribution is 0.0789. The molecule has 5 nitrogen and oxygen atoms in total. The molecule has 28 heavy (non-hydrogen) atoms. The van der Waals surface area contributed by atoms with Gasteiger partial charge in [0.1, 0.15) is 11.9 Å². The van der Waals surface area contributed by atoms with Gasteiger partial charge in [-0.25, -0.2) is 4.68 Å². The Morgan fingerprint density at radius 1 is 1.04 bits per heavy atom. The minimum Gasteiger partial charge on any atom is -0.490 e. The molecule has 2 heterocycles. The van der Waals surface area contributed by atoms with Crippen LogP contribution in [0, 0.1) is 20.8 Å². The van der Waals surface area contributed by atoms with Crippen LogP contribution in [-0.4, -0.2) is 33.9 Å². The minimum atomic E-state index is -0.0186. The van der Waals surface area contributed by atoms with Crippen molar-refractivity contribution in [3.63, 3.8) is 0 Å². The number of ether oxygens (including phenoxy) is 1. The number of aryl methyl sites for hydroxylation is 3.